The lowest BCUT2D eigenvalue weighted by Crippen LogP contribution is -2.44. The second-order valence-corrected chi connectivity index (χ2v) is 6.64. The van der Waals surface area contributed by atoms with E-state index in [9.17, 15) is 13.2 Å². The van der Waals surface area contributed by atoms with Crippen LogP contribution in [0.25, 0.3) is 0 Å². The zero-order valence-electron chi connectivity index (χ0n) is 11.0. The molecular formula is C11H21NO6S. The summed E-state index contributed by atoms with van der Waals surface area (Å²) < 4.78 is 30.6. The van der Waals surface area contributed by atoms with E-state index in [4.69, 9.17) is 10.2 Å². The summed E-state index contributed by atoms with van der Waals surface area (Å²) in [5.74, 6) is -1.17. The number of methoxy groups -OCH3 is 1. The Morgan fingerprint density at radius 3 is 2.32 bits per heavy atom. The topological polar surface area (TPSA) is 104 Å². The van der Waals surface area contributed by atoms with Crippen molar-refractivity contribution in [3.63, 3.8) is 0 Å². The molecule has 0 aromatic heterocycles. The average molecular weight is 295 g/mol. The summed E-state index contributed by atoms with van der Waals surface area (Å²) in [6.45, 7) is -0.801. The predicted octanol–water partition coefficient (Wildman–Crippen LogP) is -1.06. The molecule has 2 unspecified atom stereocenters. The number of aliphatic hydroxyl groups excluding tert-OH is 2. The number of rotatable bonds is 7. The Bertz CT molecular complexity index is 390. The van der Waals surface area contributed by atoms with E-state index in [0.717, 1.165) is 4.31 Å². The second-order valence-electron chi connectivity index (χ2n) is 4.49. The molecule has 1 rings (SSSR count). The van der Waals surface area contributed by atoms with Crippen LogP contribution in [0.2, 0.25) is 0 Å². The fourth-order valence-corrected chi connectivity index (χ4v) is 4.67. The highest BCUT2D eigenvalue weighted by Crippen LogP contribution is 2.33. The molecule has 1 saturated carbocycles. The average Bonchev–Trinajstić information content (AvgIpc) is 2.87. The molecule has 7 nitrogen and oxygen atoms in total. The lowest BCUT2D eigenvalue weighted by Gasteiger charge is -2.26. The summed E-state index contributed by atoms with van der Waals surface area (Å²) in [5.41, 5.74) is 0. The van der Waals surface area contributed by atoms with Gasteiger partial charge in [0.05, 0.1) is 31.5 Å². The van der Waals surface area contributed by atoms with Crippen molar-refractivity contribution in [2.45, 2.75) is 24.5 Å². The van der Waals surface area contributed by atoms with Gasteiger partial charge in [0.1, 0.15) is 0 Å². The Kier molecular flexibility index (Phi) is 6.18. The van der Waals surface area contributed by atoms with Gasteiger partial charge < -0.3 is 14.9 Å². The third-order valence-corrected chi connectivity index (χ3v) is 5.81. The quantitative estimate of drug-likeness (QED) is 0.580. The smallest absolute Gasteiger partial charge is 0.310 e. The maximum Gasteiger partial charge on any atom is 0.310 e. The number of aliphatic hydroxyl groups is 2. The highest BCUT2D eigenvalue weighted by Gasteiger charge is 2.44. The fraction of sp³-hybridized carbons (Fsp3) is 0.909. The van der Waals surface area contributed by atoms with E-state index in [2.05, 4.69) is 4.74 Å². The monoisotopic (exact) mass is 295 g/mol. The Morgan fingerprint density at radius 1 is 1.26 bits per heavy atom. The molecule has 0 heterocycles. The molecule has 0 radical (unpaired) electrons. The lowest BCUT2D eigenvalue weighted by atomic mass is 10.1. The van der Waals surface area contributed by atoms with E-state index in [1.54, 1.807) is 0 Å². The van der Waals surface area contributed by atoms with Crippen molar-refractivity contribution >= 4 is 16.0 Å². The number of carbonyl (C=O) groups excluding carboxylic acids is 1. The molecule has 0 aromatic rings. The minimum absolute atomic E-state index is 0.0761. The molecule has 112 valence electrons. The van der Waals surface area contributed by atoms with E-state index in [-0.39, 0.29) is 26.3 Å². The highest BCUT2D eigenvalue weighted by atomic mass is 32.2. The van der Waals surface area contributed by atoms with Crippen molar-refractivity contribution in [1.29, 1.82) is 0 Å². The summed E-state index contributed by atoms with van der Waals surface area (Å²) in [5, 5.41) is 17.0. The van der Waals surface area contributed by atoms with Gasteiger partial charge in [0, 0.05) is 13.1 Å². The first-order chi connectivity index (χ1) is 8.98. The first-order valence-corrected chi connectivity index (χ1v) is 7.77. The van der Waals surface area contributed by atoms with Crippen molar-refractivity contribution in [1.82, 2.24) is 4.31 Å². The van der Waals surface area contributed by atoms with E-state index in [1.807, 2.05) is 0 Å². The summed E-state index contributed by atoms with van der Waals surface area (Å²) in [6, 6.07) is 0. The highest BCUT2D eigenvalue weighted by molar-refractivity contribution is 7.89. The van der Waals surface area contributed by atoms with Crippen LogP contribution in [-0.4, -0.2) is 67.6 Å². The van der Waals surface area contributed by atoms with Crippen LogP contribution in [0.4, 0.5) is 0 Å². The van der Waals surface area contributed by atoms with Crippen LogP contribution in [-0.2, 0) is 19.6 Å². The number of ether oxygens (including phenoxy) is 1. The molecule has 0 saturated heterocycles. The van der Waals surface area contributed by atoms with Crippen LogP contribution < -0.4 is 0 Å². The van der Waals surface area contributed by atoms with Gasteiger partial charge in [-0.2, -0.15) is 4.31 Å². The summed E-state index contributed by atoms with van der Waals surface area (Å²) in [7, 11) is -2.48. The number of nitrogens with zero attached hydrogens (tertiary/aromatic N) is 1. The maximum absolute atomic E-state index is 12.4. The van der Waals surface area contributed by atoms with Crippen LogP contribution >= 0.6 is 0 Å². The summed E-state index contributed by atoms with van der Waals surface area (Å²) in [6.07, 6.45) is 1.54. The van der Waals surface area contributed by atoms with Crippen LogP contribution in [0.1, 0.15) is 19.3 Å². The number of esters is 1. The van der Waals surface area contributed by atoms with Crippen molar-refractivity contribution in [3.05, 3.63) is 0 Å². The molecular weight excluding hydrogens is 274 g/mol. The maximum atomic E-state index is 12.4. The van der Waals surface area contributed by atoms with E-state index in [1.165, 1.54) is 7.11 Å². The van der Waals surface area contributed by atoms with Crippen LogP contribution in [0, 0.1) is 5.92 Å². The zero-order valence-corrected chi connectivity index (χ0v) is 11.8. The van der Waals surface area contributed by atoms with Crippen molar-refractivity contribution < 1.29 is 28.2 Å². The normalized spacial score (nSPS) is 23.8. The molecule has 0 amide bonds. The molecule has 19 heavy (non-hydrogen) atoms. The second kappa shape index (κ2) is 7.18. The van der Waals surface area contributed by atoms with Gasteiger partial charge in [-0.3, -0.25) is 4.79 Å². The molecule has 0 aliphatic heterocycles. The molecule has 2 N–H and O–H groups in total. The minimum atomic E-state index is -3.72. The molecule has 1 aliphatic rings. The zero-order chi connectivity index (χ0) is 14.5. The summed E-state index contributed by atoms with van der Waals surface area (Å²) in [4.78, 5) is 11.6. The van der Waals surface area contributed by atoms with Gasteiger partial charge in [-0.25, -0.2) is 8.42 Å². The first-order valence-electron chi connectivity index (χ1n) is 6.27. The number of hydrogen-bond acceptors (Lipinski definition) is 6. The molecule has 1 aliphatic carbocycles. The van der Waals surface area contributed by atoms with Crippen LogP contribution in [0.3, 0.4) is 0 Å². The van der Waals surface area contributed by atoms with E-state index < -0.39 is 27.2 Å². The fourth-order valence-electron chi connectivity index (χ4n) is 2.48. The van der Waals surface area contributed by atoms with E-state index >= 15 is 0 Å². The number of carbonyl (C=O) groups is 1. The summed E-state index contributed by atoms with van der Waals surface area (Å²) >= 11 is 0. The van der Waals surface area contributed by atoms with Gasteiger partial charge in [-0.15, -0.1) is 0 Å². The van der Waals surface area contributed by atoms with Crippen molar-refractivity contribution in [2.24, 2.45) is 5.92 Å². The van der Waals surface area contributed by atoms with Gasteiger partial charge in [0.15, 0.2) is 0 Å². The minimum Gasteiger partial charge on any atom is -0.469 e. The van der Waals surface area contributed by atoms with Crippen LogP contribution in [0.5, 0.6) is 0 Å². The Morgan fingerprint density at radius 2 is 1.84 bits per heavy atom. The number of hydrogen-bond donors (Lipinski definition) is 2. The molecule has 8 heteroatoms. The molecule has 1 fully saturated rings. The Labute approximate surface area is 113 Å². The van der Waals surface area contributed by atoms with Crippen LogP contribution in [0.15, 0.2) is 0 Å². The molecule has 0 aromatic carbocycles. The van der Waals surface area contributed by atoms with Gasteiger partial charge >= 0.3 is 5.97 Å². The third-order valence-electron chi connectivity index (χ3n) is 3.40. The Balaban J connectivity index is 2.93. The van der Waals surface area contributed by atoms with Crippen molar-refractivity contribution in [2.75, 3.05) is 33.4 Å². The molecule has 2 atom stereocenters. The predicted molar refractivity (Wildman–Crippen MR) is 67.8 cm³/mol. The standard InChI is InChI=1S/C11H21NO6S/c1-18-11(15)9-3-2-4-10(9)19(16,17)12(5-7-13)6-8-14/h9-10,13-14H,2-8H2,1H3. The first kappa shape index (κ1) is 16.4. The van der Waals surface area contributed by atoms with Gasteiger partial charge in [0.25, 0.3) is 0 Å². The van der Waals surface area contributed by atoms with Crippen molar-refractivity contribution in [3.8, 4) is 0 Å². The van der Waals surface area contributed by atoms with Gasteiger partial charge in [-0.1, -0.05) is 6.42 Å². The Hall–Kier alpha value is -0.700. The molecule has 0 bridgehead atoms. The largest absolute Gasteiger partial charge is 0.469 e. The van der Waals surface area contributed by atoms with E-state index in [0.29, 0.717) is 19.3 Å². The third kappa shape index (κ3) is 3.65. The van der Waals surface area contributed by atoms with Gasteiger partial charge in [-0.05, 0) is 12.8 Å². The number of sulfonamides is 1. The SMILES string of the molecule is COC(=O)C1CCCC1S(=O)(=O)N(CCO)CCO. The molecule has 0 spiro atoms. The lowest BCUT2D eigenvalue weighted by molar-refractivity contribution is -0.145. The van der Waals surface area contributed by atoms with Gasteiger partial charge in [0.2, 0.25) is 10.0 Å².